The molecule has 1 aliphatic heterocycles. The molecule has 1 aliphatic rings. The van der Waals surface area contributed by atoms with Gasteiger partial charge in [-0.1, -0.05) is 0 Å². The summed E-state index contributed by atoms with van der Waals surface area (Å²) in [7, 11) is -1.47. The molecule has 114 valence electrons. The Hall–Kier alpha value is -0.740. The fourth-order valence-corrected chi connectivity index (χ4v) is 3.95. The number of thiazole rings is 1. The minimum absolute atomic E-state index is 0.444. The maximum absolute atomic E-state index is 11.5. The minimum Gasteiger partial charge on any atom is -0.378 e. The molecule has 2 rings (SSSR count). The molecule has 1 fully saturated rings. The van der Waals surface area contributed by atoms with Crippen LogP contribution in [0.5, 0.6) is 0 Å². The predicted molar refractivity (Wildman–Crippen MR) is 79.3 cm³/mol. The Morgan fingerprint density at radius 3 is 2.50 bits per heavy atom. The molecular formula is C11H20N4O3S2. The van der Waals surface area contributed by atoms with Crippen molar-refractivity contribution in [3.63, 3.8) is 0 Å². The average Bonchev–Trinajstić information content (AvgIpc) is 2.81. The van der Waals surface area contributed by atoms with Crippen molar-refractivity contribution in [2.45, 2.75) is 13.2 Å². The number of methoxy groups -OCH3 is 1. The molecule has 0 unspecified atom stereocenters. The van der Waals surface area contributed by atoms with Gasteiger partial charge in [0.15, 0.2) is 5.13 Å². The second-order valence-corrected chi connectivity index (χ2v) is 7.70. The molecule has 7 nitrogen and oxygen atoms in total. The Kier molecular flexibility index (Phi) is 4.97. The van der Waals surface area contributed by atoms with Gasteiger partial charge in [-0.15, -0.1) is 11.3 Å². The second kappa shape index (κ2) is 6.35. The lowest BCUT2D eigenvalue weighted by atomic mass is 10.4. The fourth-order valence-electron chi connectivity index (χ4n) is 2.12. The highest BCUT2D eigenvalue weighted by atomic mass is 32.2. The summed E-state index contributed by atoms with van der Waals surface area (Å²) in [6.45, 7) is 3.19. The van der Waals surface area contributed by atoms with Crippen molar-refractivity contribution in [1.29, 1.82) is 0 Å². The number of ether oxygens (including phenoxy) is 1. The first-order chi connectivity index (χ1) is 9.45. The van der Waals surface area contributed by atoms with E-state index < -0.39 is 10.0 Å². The lowest BCUT2D eigenvalue weighted by molar-refractivity contribution is 0.181. The summed E-state index contributed by atoms with van der Waals surface area (Å²) in [4.78, 5) is 7.68. The van der Waals surface area contributed by atoms with Crippen molar-refractivity contribution in [3.8, 4) is 0 Å². The smallest absolute Gasteiger partial charge is 0.211 e. The van der Waals surface area contributed by atoms with Crippen molar-refractivity contribution in [2.24, 2.45) is 5.73 Å². The highest BCUT2D eigenvalue weighted by Gasteiger charge is 2.25. The highest BCUT2D eigenvalue weighted by molar-refractivity contribution is 7.88. The molecule has 0 atom stereocenters. The van der Waals surface area contributed by atoms with Crippen LogP contribution >= 0.6 is 11.3 Å². The van der Waals surface area contributed by atoms with Crippen LogP contribution in [0.2, 0.25) is 0 Å². The Bertz CT molecular complexity index is 550. The van der Waals surface area contributed by atoms with Crippen molar-refractivity contribution in [3.05, 3.63) is 10.6 Å². The van der Waals surface area contributed by atoms with Crippen LogP contribution < -0.4 is 10.6 Å². The zero-order chi connectivity index (χ0) is 14.8. The number of hydrogen-bond acceptors (Lipinski definition) is 7. The monoisotopic (exact) mass is 320 g/mol. The number of piperazine rings is 1. The van der Waals surface area contributed by atoms with Crippen molar-refractivity contribution in [2.75, 3.05) is 44.4 Å². The van der Waals surface area contributed by atoms with Crippen LogP contribution in [0.1, 0.15) is 10.6 Å². The molecule has 2 N–H and O–H groups in total. The number of anilines is 1. The summed E-state index contributed by atoms with van der Waals surface area (Å²) in [5, 5.41) is 0.894. The van der Waals surface area contributed by atoms with Gasteiger partial charge in [-0.2, -0.15) is 4.31 Å². The molecule has 1 aromatic heterocycles. The van der Waals surface area contributed by atoms with Gasteiger partial charge in [-0.05, 0) is 0 Å². The van der Waals surface area contributed by atoms with Gasteiger partial charge in [0.1, 0.15) is 0 Å². The van der Waals surface area contributed by atoms with Crippen molar-refractivity contribution >= 4 is 26.5 Å². The lowest BCUT2D eigenvalue weighted by Gasteiger charge is -2.32. The molecule has 0 spiro atoms. The first kappa shape index (κ1) is 15.6. The molecule has 1 saturated heterocycles. The molecule has 0 radical (unpaired) electrons. The van der Waals surface area contributed by atoms with E-state index in [-0.39, 0.29) is 0 Å². The summed E-state index contributed by atoms with van der Waals surface area (Å²) in [5.74, 6) is 0. The highest BCUT2D eigenvalue weighted by Crippen LogP contribution is 2.27. The molecule has 1 aromatic rings. The van der Waals surface area contributed by atoms with Gasteiger partial charge in [0, 0.05) is 44.7 Å². The van der Waals surface area contributed by atoms with E-state index in [0.29, 0.717) is 39.3 Å². The van der Waals surface area contributed by atoms with Crippen LogP contribution in [0.4, 0.5) is 5.13 Å². The Balaban J connectivity index is 2.07. The van der Waals surface area contributed by atoms with Crippen LogP contribution in [0.25, 0.3) is 0 Å². The third-order valence-electron chi connectivity index (χ3n) is 3.21. The third-order valence-corrected chi connectivity index (χ3v) is 5.70. The fraction of sp³-hybridized carbons (Fsp3) is 0.727. The quantitative estimate of drug-likeness (QED) is 0.810. The Morgan fingerprint density at radius 1 is 1.35 bits per heavy atom. The van der Waals surface area contributed by atoms with E-state index in [4.69, 9.17) is 10.5 Å². The molecule has 0 aromatic carbocycles. The lowest BCUT2D eigenvalue weighted by Crippen LogP contribution is -2.48. The Morgan fingerprint density at radius 2 is 2.00 bits per heavy atom. The molecular weight excluding hydrogens is 300 g/mol. The van der Waals surface area contributed by atoms with E-state index in [1.54, 1.807) is 18.4 Å². The summed E-state index contributed by atoms with van der Waals surface area (Å²) in [5.41, 5.74) is 6.59. The largest absolute Gasteiger partial charge is 0.378 e. The van der Waals surface area contributed by atoms with Crippen LogP contribution in [0, 0.1) is 0 Å². The maximum Gasteiger partial charge on any atom is 0.211 e. The first-order valence-corrected chi connectivity index (χ1v) is 9.00. The maximum atomic E-state index is 11.5. The van der Waals surface area contributed by atoms with E-state index in [1.807, 2.05) is 0 Å². The molecule has 0 aliphatic carbocycles. The molecule has 0 amide bonds. The van der Waals surface area contributed by atoms with Crippen LogP contribution in [-0.2, 0) is 27.9 Å². The topological polar surface area (TPSA) is 88.8 Å². The molecule has 0 saturated carbocycles. The second-order valence-electron chi connectivity index (χ2n) is 4.65. The first-order valence-electron chi connectivity index (χ1n) is 6.33. The summed E-state index contributed by atoms with van der Waals surface area (Å²) < 4.78 is 29.6. The van der Waals surface area contributed by atoms with Gasteiger partial charge in [0.25, 0.3) is 0 Å². The Labute approximate surface area is 123 Å². The van der Waals surface area contributed by atoms with E-state index >= 15 is 0 Å². The standard InChI is InChI=1S/C11H20N4O3S2/c1-18-8-9-10(7-12)19-11(13-9)14-3-5-15(6-4-14)20(2,16)17/h3-8,12H2,1-2H3. The summed E-state index contributed by atoms with van der Waals surface area (Å²) in [6, 6.07) is 0. The van der Waals surface area contributed by atoms with Crippen LogP contribution in [0.3, 0.4) is 0 Å². The van der Waals surface area contributed by atoms with E-state index in [9.17, 15) is 8.42 Å². The van der Waals surface area contributed by atoms with E-state index in [0.717, 1.165) is 15.7 Å². The van der Waals surface area contributed by atoms with Crippen molar-refractivity contribution in [1.82, 2.24) is 9.29 Å². The molecule has 0 bridgehead atoms. The predicted octanol–water partition coefficient (Wildman–Crippen LogP) is -0.170. The SMILES string of the molecule is COCc1nc(N2CCN(S(C)(=O)=O)CC2)sc1CN. The summed E-state index contributed by atoms with van der Waals surface area (Å²) in [6.07, 6.45) is 1.25. The number of sulfonamides is 1. The van der Waals surface area contributed by atoms with Gasteiger partial charge in [-0.25, -0.2) is 13.4 Å². The van der Waals surface area contributed by atoms with Crippen LogP contribution in [0.15, 0.2) is 0 Å². The van der Waals surface area contributed by atoms with Crippen molar-refractivity contribution < 1.29 is 13.2 Å². The van der Waals surface area contributed by atoms with E-state index in [1.165, 1.54) is 10.6 Å². The van der Waals surface area contributed by atoms with Gasteiger partial charge in [0.2, 0.25) is 10.0 Å². The van der Waals surface area contributed by atoms with Crippen LogP contribution in [-0.4, -0.2) is 57.3 Å². The molecule has 9 heteroatoms. The van der Waals surface area contributed by atoms with Gasteiger partial charge < -0.3 is 15.4 Å². The number of nitrogens with zero attached hydrogens (tertiary/aromatic N) is 3. The van der Waals surface area contributed by atoms with Gasteiger partial charge in [0.05, 0.1) is 18.6 Å². The normalized spacial score (nSPS) is 17.6. The number of hydrogen-bond donors (Lipinski definition) is 1. The van der Waals surface area contributed by atoms with E-state index in [2.05, 4.69) is 9.88 Å². The number of rotatable bonds is 5. The number of nitrogens with two attached hydrogens (primary N) is 1. The average molecular weight is 320 g/mol. The number of aromatic nitrogens is 1. The third kappa shape index (κ3) is 3.47. The minimum atomic E-state index is -3.10. The van der Waals surface area contributed by atoms with Gasteiger partial charge >= 0.3 is 0 Å². The zero-order valence-corrected chi connectivity index (χ0v) is 13.3. The molecule has 2 heterocycles. The van der Waals surface area contributed by atoms with Gasteiger partial charge in [-0.3, -0.25) is 0 Å². The summed E-state index contributed by atoms with van der Waals surface area (Å²) >= 11 is 1.56. The molecule has 20 heavy (non-hydrogen) atoms. The zero-order valence-electron chi connectivity index (χ0n) is 11.7.